The quantitative estimate of drug-likeness (QED) is 0.907. The standard InChI is InChI=1S/C18H21N3O2S/c1-13-16(24-12-19-13)17(22)20-15(11-14-7-3-2-4-8-14)18(23)21-9-5-6-10-21/h2-4,7-8,12,15H,5-6,9-11H2,1H3,(H,20,22)/t15-/m0/s1. The summed E-state index contributed by atoms with van der Waals surface area (Å²) < 4.78 is 0. The molecular weight excluding hydrogens is 322 g/mol. The van der Waals surface area contributed by atoms with Crippen molar-refractivity contribution in [1.82, 2.24) is 15.2 Å². The molecule has 5 nitrogen and oxygen atoms in total. The first-order chi connectivity index (χ1) is 11.6. The number of carbonyl (C=O) groups excluding carboxylic acids is 2. The molecule has 1 saturated heterocycles. The maximum absolute atomic E-state index is 12.8. The minimum absolute atomic E-state index is 0.00636. The maximum Gasteiger partial charge on any atom is 0.263 e. The molecule has 126 valence electrons. The molecule has 0 unspecified atom stereocenters. The van der Waals surface area contributed by atoms with Crippen molar-refractivity contribution in [2.75, 3.05) is 13.1 Å². The SMILES string of the molecule is Cc1ncsc1C(=O)N[C@@H](Cc1ccccc1)C(=O)N1CCCC1. The number of aromatic nitrogens is 1. The largest absolute Gasteiger partial charge is 0.341 e. The molecule has 6 heteroatoms. The third-order valence-electron chi connectivity index (χ3n) is 4.26. The number of thiazole rings is 1. The van der Waals surface area contributed by atoms with Gasteiger partial charge in [-0.2, -0.15) is 0 Å². The van der Waals surface area contributed by atoms with E-state index in [1.807, 2.05) is 35.2 Å². The van der Waals surface area contributed by atoms with E-state index in [0.717, 1.165) is 31.5 Å². The molecule has 1 aromatic carbocycles. The van der Waals surface area contributed by atoms with Gasteiger partial charge in [-0.3, -0.25) is 9.59 Å². The topological polar surface area (TPSA) is 62.3 Å². The molecule has 1 fully saturated rings. The summed E-state index contributed by atoms with van der Waals surface area (Å²) in [5.41, 5.74) is 3.39. The van der Waals surface area contributed by atoms with E-state index < -0.39 is 6.04 Å². The molecule has 1 aliphatic rings. The lowest BCUT2D eigenvalue weighted by Gasteiger charge is -2.24. The number of rotatable bonds is 5. The van der Waals surface area contributed by atoms with Gasteiger partial charge in [0.1, 0.15) is 10.9 Å². The highest BCUT2D eigenvalue weighted by molar-refractivity contribution is 7.11. The Hall–Kier alpha value is -2.21. The average molecular weight is 343 g/mol. The van der Waals surface area contributed by atoms with Crippen LogP contribution in [0.5, 0.6) is 0 Å². The Morgan fingerprint density at radius 1 is 1.25 bits per heavy atom. The van der Waals surface area contributed by atoms with E-state index in [1.54, 1.807) is 12.4 Å². The monoisotopic (exact) mass is 343 g/mol. The van der Waals surface area contributed by atoms with Crippen LogP contribution < -0.4 is 5.32 Å². The highest BCUT2D eigenvalue weighted by atomic mass is 32.1. The van der Waals surface area contributed by atoms with E-state index in [9.17, 15) is 9.59 Å². The third-order valence-corrected chi connectivity index (χ3v) is 5.18. The van der Waals surface area contributed by atoms with Crippen molar-refractivity contribution in [3.8, 4) is 0 Å². The van der Waals surface area contributed by atoms with E-state index in [-0.39, 0.29) is 11.8 Å². The van der Waals surface area contributed by atoms with Gasteiger partial charge in [0.15, 0.2) is 0 Å². The summed E-state index contributed by atoms with van der Waals surface area (Å²) in [7, 11) is 0. The van der Waals surface area contributed by atoms with Gasteiger partial charge in [-0.15, -0.1) is 11.3 Å². The number of benzene rings is 1. The van der Waals surface area contributed by atoms with Crippen molar-refractivity contribution >= 4 is 23.2 Å². The number of hydrogen-bond donors (Lipinski definition) is 1. The van der Waals surface area contributed by atoms with Gasteiger partial charge >= 0.3 is 0 Å². The van der Waals surface area contributed by atoms with Crippen LogP contribution in [0.15, 0.2) is 35.8 Å². The number of nitrogens with one attached hydrogen (secondary N) is 1. The molecule has 1 atom stereocenters. The van der Waals surface area contributed by atoms with Gasteiger partial charge in [0, 0.05) is 19.5 Å². The zero-order valence-electron chi connectivity index (χ0n) is 13.7. The lowest BCUT2D eigenvalue weighted by atomic mass is 10.0. The Labute approximate surface area is 145 Å². The fourth-order valence-electron chi connectivity index (χ4n) is 2.95. The van der Waals surface area contributed by atoms with Crippen LogP contribution in [0.25, 0.3) is 0 Å². The van der Waals surface area contributed by atoms with Gasteiger partial charge in [-0.25, -0.2) is 4.98 Å². The molecule has 1 N–H and O–H groups in total. The third kappa shape index (κ3) is 3.82. The number of likely N-dealkylation sites (tertiary alicyclic amines) is 1. The van der Waals surface area contributed by atoms with E-state index in [4.69, 9.17) is 0 Å². The number of aryl methyl sites for hydroxylation is 1. The Morgan fingerprint density at radius 2 is 1.96 bits per heavy atom. The molecule has 3 rings (SSSR count). The molecule has 2 aromatic rings. The van der Waals surface area contributed by atoms with Gasteiger partial charge in [-0.05, 0) is 25.3 Å². The molecule has 2 amide bonds. The summed E-state index contributed by atoms with van der Waals surface area (Å²) >= 11 is 1.30. The van der Waals surface area contributed by atoms with Gasteiger partial charge in [0.05, 0.1) is 11.2 Å². The predicted molar refractivity (Wildman–Crippen MR) is 94.1 cm³/mol. The molecule has 2 heterocycles. The Bertz CT molecular complexity index is 708. The molecule has 1 aromatic heterocycles. The van der Waals surface area contributed by atoms with Crippen LogP contribution in [0.4, 0.5) is 0 Å². The smallest absolute Gasteiger partial charge is 0.263 e. The fourth-order valence-corrected chi connectivity index (χ4v) is 3.66. The molecule has 24 heavy (non-hydrogen) atoms. The zero-order chi connectivity index (χ0) is 16.9. The summed E-state index contributed by atoms with van der Waals surface area (Å²) in [6.07, 6.45) is 2.57. The van der Waals surface area contributed by atoms with Crippen LogP contribution in [-0.2, 0) is 11.2 Å². The highest BCUT2D eigenvalue weighted by Gasteiger charge is 2.29. The number of carbonyl (C=O) groups is 2. The summed E-state index contributed by atoms with van der Waals surface area (Å²) in [6.45, 7) is 3.36. The van der Waals surface area contributed by atoms with Crippen LogP contribution in [0.1, 0.15) is 33.8 Å². The van der Waals surface area contributed by atoms with E-state index in [0.29, 0.717) is 17.0 Å². The van der Waals surface area contributed by atoms with E-state index in [2.05, 4.69) is 10.3 Å². The normalized spacial score (nSPS) is 15.3. The molecule has 0 saturated carbocycles. The Balaban J connectivity index is 1.77. The van der Waals surface area contributed by atoms with Crippen molar-refractivity contribution in [3.05, 3.63) is 52.0 Å². The Kier molecular flexibility index (Phi) is 5.25. The second-order valence-electron chi connectivity index (χ2n) is 6.02. The van der Waals surface area contributed by atoms with Crippen LogP contribution in [0.2, 0.25) is 0 Å². The fraction of sp³-hybridized carbons (Fsp3) is 0.389. The predicted octanol–water partition coefficient (Wildman–Crippen LogP) is 2.42. The van der Waals surface area contributed by atoms with Crippen LogP contribution in [0, 0.1) is 6.92 Å². The van der Waals surface area contributed by atoms with Crippen molar-refractivity contribution in [2.45, 2.75) is 32.2 Å². The highest BCUT2D eigenvalue weighted by Crippen LogP contribution is 2.15. The number of hydrogen-bond acceptors (Lipinski definition) is 4. The first-order valence-corrected chi connectivity index (χ1v) is 9.07. The summed E-state index contributed by atoms with van der Waals surface area (Å²) in [5.74, 6) is -0.213. The second kappa shape index (κ2) is 7.57. The minimum atomic E-state index is -0.542. The van der Waals surface area contributed by atoms with Crippen molar-refractivity contribution in [3.63, 3.8) is 0 Å². The molecule has 0 bridgehead atoms. The average Bonchev–Trinajstić information content (AvgIpc) is 3.26. The molecule has 1 aliphatic heterocycles. The van der Waals surface area contributed by atoms with Crippen LogP contribution in [0.3, 0.4) is 0 Å². The van der Waals surface area contributed by atoms with Crippen molar-refractivity contribution in [1.29, 1.82) is 0 Å². The maximum atomic E-state index is 12.8. The van der Waals surface area contributed by atoms with Crippen molar-refractivity contribution < 1.29 is 9.59 Å². The first-order valence-electron chi connectivity index (χ1n) is 8.19. The van der Waals surface area contributed by atoms with Gasteiger partial charge in [0.2, 0.25) is 5.91 Å². The van der Waals surface area contributed by atoms with Gasteiger partial charge in [-0.1, -0.05) is 30.3 Å². The van der Waals surface area contributed by atoms with Crippen LogP contribution in [-0.4, -0.2) is 40.8 Å². The summed E-state index contributed by atoms with van der Waals surface area (Å²) in [4.78, 5) is 31.9. The molecular formula is C18H21N3O2S. The van der Waals surface area contributed by atoms with E-state index in [1.165, 1.54) is 11.3 Å². The number of amides is 2. The number of nitrogens with zero attached hydrogens (tertiary/aromatic N) is 2. The second-order valence-corrected chi connectivity index (χ2v) is 6.87. The lowest BCUT2D eigenvalue weighted by Crippen LogP contribution is -2.49. The minimum Gasteiger partial charge on any atom is -0.341 e. The van der Waals surface area contributed by atoms with E-state index >= 15 is 0 Å². The summed E-state index contributed by atoms with van der Waals surface area (Å²) in [6, 6.07) is 9.26. The first kappa shape index (κ1) is 16.6. The van der Waals surface area contributed by atoms with Gasteiger partial charge < -0.3 is 10.2 Å². The molecule has 0 spiro atoms. The van der Waals surface area contributed by atoms with Gasteiger partial charge in [0.25, 0.3) is 5.91 Å². The summed E-state index contributed by atoms with van der Waals surface area (Å²) in [5, 5.41) is 2.93. The van der Waals surface area contributed by atoms with Crippen LogP contribution >= 0.6 is 11.3 Å². The molecule has 0 radical (unpaired) electrons. The Morgan fingerprint density at radius 3 is 2.58 bits per heavy atom. The lowest BCUT2D eigenvalue weighted by molar-refractivity contribution is -0.132. The van der Waals surface area contributed by atoms with Crippen molar-refractivity contribution in [2.24, 2.45) is 0 Å². The zero-order valence-corrected chi connectivity index (χ0v) is 14.5. The molecule has 0 aliphatic carbocycles.